The monoisotopic (exact) mass is 328 g/mol. The summed E-state index contributed by atoms with van der Waals surface area (Å²) in [6.07, 6.45) is 2.34. The summed E-state index contributed by atoms with van der Waals surface area (Å²) in [7, 11) is 0. The highest BCUT2D eigenvalue weighted by Crippen LogP contribution is 2.28. The fraction of sp³-hybridized carbons (Fsp3) is 0.353. The van der Waals surface area contributed by atoms with E-state index in [-0.39, 0.29) is 18.5 Å². The Morgan fingerprint density at radius 3 is 2.88 bits per heavy atom. The summed E-state index contributed by atoms with van der Waals surface area (Å²) in [4.78, 5) is 39.0. The van der Waals surface area contributed by atoms with E-state index in [1.807, 2.05) is 12.1 Å². The van der Waals surface area contributed by atoms with Crippen LogP contribution < -0.4 is 21.5 Å². The van der Waals surface area contributed by atoms with Crippen molar-refractivity contribution in [3.05, 3.63) is 62.9 Å². The van der Waals surface area contributed by atoms with Gasteiger partial charge in [-0.3, -0.25) is 19.1 Å². The summed E-state index contributed by atoms with van der Waals surface area (Å²) in [6, 6.07) is 9.66. The number of rotatable bonds is 5. The van der Waals surface area contributed by atoms with Crippen LogP contribution in [-0.2, 0) is 17.8 Å². The minimum atomic E-state index is -0.584. The van der Waals surface area contributed by atoms with Gasteiger partial charge in [-0.15, -0.1) is 0 Å². The lowest BCUT2D eigenvalue weighted by molar-refractivity contribution is -0.121. The van der Waals surface area contributed by atoms with Crippen molar-refractivity contribution in [1.29, 1.82) is 0 Å². The van der Waals surface area contributed by atoms with Crippen molar-refractivity contribution in [3.8, 4) is 0 Å². The molecule has 0 radical (unpaired) electrons. The second-order valence-corrected chi connectivity index (χ2v) is 5.96. The molecule has 7 heteroatoms. The maximum atomic E-state index is 12.0. The number of hydrogen-bond donors (Lipinski definition) is 2. The van der Waals surface area contributed by atoms with Gasteiger partial charge in [0, 0.05) is 37.1 Å². The van der Waals surface area contributed by atoms with Crippen LogP contribution in [0.4, 0.5) is 5.69 Å². The summed E-state index contributed by atoms with van der Waals surface area (Å²) >= 11 is 0. The number of para-hydroxylation sites is 1. The first-order valence-corrected chi connectivity index (χ1v) is 7.95. The van der Waals surface area contributed by atoms with Gasteiger partial charge in [-0.1, -0.05) is 18.2 Å². The third kappa shape index (κ3) is 3.40. The summed E-state index contributed by atoms with van der Waals surface area (Å²) in [5, 5.41) is 2.85. The molecular weight excluding hydrogens is 308 g/mol. The van der Waals surface area contributed by atoms with Gasteiger partial charge in [0.05, 0.1) is 0 Å². The first-order chi connectivity index (χ1) is 11.5. The molecule has 126 valence electrons. The van der Waals surface area contributed by atoms with Gasteiger partial charge >= 0.3 is 5.69 Å². The number of carbonyl (C=O) groups excluding carboxylic acids is 1. The van der Waals surface area contributed by atoms with E-state index >= 15 is 0 Å². The average molecular weight is 328 g/mol. The molecule has 7 nitrogen and oxygen atoms in total. The minimum absolute atomic E-state index is 0.112. The molecule has 2 heterocycles. The quantitative estimate of drug-likeness (QED) is 0.815. The van der Waals surface area contributed by atoms with Crippen LogP contribution in [0, 0.1) is 0 Å². The van der Waals surface area contributed by atoms with Gasteiger partial charge in [0.25, 0.3) is 5.56 Å². The molecule has 24 heavy (non-hydrogen) atoms. The lowest BCUT2D eigenvalue weighted by Gasteiger charge is -2.27. The van der Waals surface area contributed by atoms with Crippen LogP contribution in [0.15, 0.2) is 46.1 Å². The summed E-state index contributed by atoms with van der Waals surface area (Å²) in [5.74, 6) is -0.261. The Kier molecular flexibility index (Phi) is 4.50. The lowest BCUT2D eigenvalue weighted by atomic mass is 10.2. The fourth-order valence-electron chi connectivity index (χ4n) is 2.97. The van der Waals surface area contributed by atoms with Gasteiger partial charge in [-0.2, -0.15) is 0 Å². The fourth-order valence-corrected chi connectivity index (χ4v) is 2.97. The molecule has 2 aromatic rings. The molecule has 0 saturated carbocycles. The Bertz CT molecular complexity index is 855. The molecule has 2 N–H and O–H groups in total. The molecule has 0 bridgehead atoms. The van der Waals surface area contributed by atoms with E-state index < -0.39 is 11.2 Å². The van der Waals surface area contributed by atoms with Crippen molar-refractivity contribution >= 4 is 11.6 Å². The van der Waals surface area contributed by atoms with Gasteiger partial charge in [0.15, 0.2) is 0 Å². The Labute approximate surface area is 138 Å². The van der Waals surface area contributed by atoms with Crippen molar-refractivity contribution in [3.63, 3.8) is 0 Å². The molecule has 1 unspecified atom stereocenters. The lowest BCUT2D eigenvalue weighted by Crippen LogP contribution is -2.43. The number of fused-ring (bicyclic) bond motifs is 1. The SMILES string of the molecule is CC(CNC(=O)Cn1ccc(=O)[nH]c1=O)N1CCc2ccccc21. The topological polar surface area (TPSA) is 87.2 Å². The molecule has 3 rings (SSSR count). The molecule has 0 fully saturated rings. The second-order valence-electron chi connectivity index (χ2n) is 5.96. The molecule has 1 aliphatic rings. The van der Waals surface area contributed by atoms with E-state index in [9.17, 15) is 14.4 Å². The number of aromatic nitrogens is 2. The van der Waals surface area contributed by atoms with E-state index in [1.165, 1.54) is 28.1 Å². The van der Waals surface area contributed by atoms with Gasteiger partial charge in [0.1, 0.15) is 6.54 Å². The largest absolute Gasteiger partial charge is 0.366 e. The van der Waals surface area contributed by atoms with Crippen LogP contribution >= 0.6 is 0 Å². The van der Waals surface area contributed by atoms with E-state index in [2.05, 4.69) is 34.3 Å². The predicted molar refractivity (Wildman–Crippen MR) is 91.3 cm³/mol. The molecule has 0 saturated heterocycles. The Hall–Kier alpha value is -2.83. The highest BCUT2D eigenvalue weighted by atomic mass is 16.2. The van der Waals surface area contributed by atoms with Crippen LogP contribution in [0.5, 0.6) is 0 Å². The van der Waals surface area contributed by atoms with Gasteiger partial charge in [0.2, 0.25) is 5.91 Å². The van der Waals surface area contributed by atoms with Crippen molar-refractivity contribution in [2.24, 2.45) is 0 Å². The molecule has 1 aromatic heterocycles. The van der Waals surface area contributed by atoms with Crippen LogP contribution in [0.1, 0.15) is 12.5 Å². The maximum Gasteiger partial charge on any atom is 0.328 e. The molecular formula is C17H20N4O3. The molecule has 0 spiro atoms. The molecule has 1 aromatic carbocycles. The van der Waals surface area contributed by atoms with Gasteiger partial charge in [-0.05, 0) is 25.0 Å². The summed E-state index contributed by atoms with van der Waals surface area (Å²) in [5.41, 5.74) is 1.49. The minimum Gasteiger partial charge on any atom is -0.366 e. The van der Waals surface area contributed by atoms with Crippen LogP contribution in [0.3, 0.4) is 0 Å². The predicted octanol–water partition coefficient (Wildman–Crippen LogP) is 0.104. The summed E-state index contributed by atoms with van der Waals surface area (Å²) in [6.45, 7) is 3.38. The zero-order valence-electron chi connectivity index (χ0n) is 13.5. The van der Waals surface area contributed by atoms with Crippen LogP contribution in [0.2, 0.25) is 0 Å². The first kappa shape index (κ1) is 16.0. The van der Waals surface area contributed by atoms with Crippen LogP contribution in [-0.4, -0.2) is 34.6 Å². The number of nitrogens with one attached hydrogen (secondary N) is 2. The number of H-pyrrole nitrogens is 1. The highest BCUT2D eigenvalue weighted by Gasteiger charge is 2.23. The molecule has 1 amide bonds. The number of anilines is 1. The Morgan fingerprint density at radius 2 is 2.08 bits per heavy atom. The van der Waals surface area contributed by atoms with E-state index in [1.54, 1.807) is 0 Å². The van der Waals surface area contributed by atoms with Crippen molar-refractivity contribution < 1.29 is 4.79 Å². The standard InChI is InChI=1S/C17H20N4O3/c1-12(21-9-6-13-4-2-3-5-14(13)21)10-18-16(23)11-20-8-7-15(22)19-17(20)24/h2-5,7-8,12H,6,9-11H2,1H3,(H,18,23)(H,19,22,24). The number of amides is 1. The van der Waals surface area contributed by atoms with Gasteiger partial charge in [-0.25, -0.2) is 4.79 Å². The Morgan fingerprint density at radius 1 is 1.29 bits per heavy atom. The first-order valence-electron chi connectivity index (χ1n) is 7.95. The van der Waals surface area contributed by atoms with Crippen molar-refractivity contribution in [1.82, 2.24) is 14.9 Å². The zero-order chi connectivity index (χ0) is 17.1. The van der Waals surface area contributed by atoms with Crippen LogP contribution in [0.25, 0.3) is 0 Å². The third-order valence-corrected chi connectivity index (χ3v) is 4.26. The number of carbonyl (C=O) groups is 1. The smallest absolute Gasteiger partial charge is 0.328 e. The molecule has 0 aliphatic carbocycles. The van der Waals surface area contributed by atoms with Gasteiger partial charge < -0.3 is 10.2 Å². The number of benzene rings is 1. The number of nitrogens with zero attached hydrogens (tertiary/aromatic N) is 2. The third-order valence-electron chi connectivity index (χ3n) is 4.26. The number of aromatic amines is 1. The van der Waals surface area contributed by atoms with Crippen molar-refractivity contribution in [2.45, 2.75) is 25.9 Å². The zero-order valence-corrected chi connectivity index (χ0v) is 13.5. The van der Waals surface area contributed by atoms with E-state index in [4.69, 9.17) is 0 Å². The van der Waals surface area contributed by atoms with Crippen molar-refractivity contribution in [2.75, 3.05) is 18.0 Å². The molecule has 1 aliphatic heterocycles. The number of hydrogen-bond acceptors (Lipinski definition) is 4. The normalized spacial score (nSPS) is 14.3. The Balaban J connectivity index is 1.57. The maximum absolute atomic E-state index is 12.0. The van der Waals surface area contributed by atoms with E-state index in [0.29, 0.717) is 6.54 Å². The highest BCUT2D eigenvalue weighted by molar-refractivity contribution is 5.75. The average Bonchev–Trinajstić information content (AvgIpc) is 2.99. The summed E-state index contributed by atoms with van der Waals surface area (Å²) < 4.78 is 1.17. The molecule has 1 atom stereocenters. The second kappa shape index (κ2) is 6.74. The van der Waals surface area contributed by atoms with E-state index in [0.717, 1.165) is 13.0 Å².